The van der Waals surface area contributed by atoms with Gasteiger partial charge in [-0.05, 0) is 63.7 Å². The SMILES string of the molecule is CC1CN(C(C)(C)CNC(=O)c2ccc(SC(F)(F)F)cc2)CC(C)O1. The smallest absolute Gasteiger partial charge is 0.373 e. The van der Waals surface area contributed by atoms with E-state index >= 15 is 0 Å². The fraction of sp³-hybridized carbons (Fsp3) is 0.611. The maximum Gasteiger partial charge on any atom is 0.446 e. The van der Waals surface area contributed by atoms with Crippen molar-refractivity contribution in [3.05, 3.63) is 29.8 Å². The molecule has 1 aliphatic rings. The molecule has 2 rings (SSSR count). The Morgan fingerprint density at radius 2 is 1.73 bits per heavy atom. The van der Waals surface area contributed by atoms with Gasteiger partial charge in [-0.1, -0.05) is 0 Å². The summed E-state index contributed by atoms with van der Waals surface area (Å²) in [6.07, 6.45) is 0.264. The highest BCUT2D eigenvalue weighted by atomic mass is 32.2. The van der Waals surface area contributed by atoms with E-state index in [0.717, 1.165) is 13.1 Å². The van der Waals surface area contributed by atoms with Crippen molar-refractivity contribution in [1.82, 2.24) is 10.2 Å². The minimum absolute atomic E-state index is 0.0608. The average molecular weight is 390 g/mol. The normalized spacial score (nSPS) is 22.3. The van der Waals surface area contributed by atoms with Crippen LogP contribution in [0, 0.1) is 0 Å². The number of alkyl halides is 3. The number of hydrogen-bond acceptors (Lipinski definition) is 4. The number of carbonyl (C=O) groups is 1. The van der Waals surface area contributed by atoms with E-state index in [1.54, 1.807) is 0 Å². The molecule has 1 fully saturated rings. The molecule has 1 N–H and O–H groups in total. The lowest BCUT2D eigenvalue weighted by Crippen LogP contribution is -2.58. The Morgan fingerprint density at radius 3 is 2.23 bits per heavy atom. The predicted molar refractivity (Wildman–Crippen MR) is 96.3 cm³/mol. The maximum atomic E-state index is 12.4. The number of benzene rings is 1. The second kappa shape index (κ2) is 8.19. The zero-order chi connectivity index (χ0) is 19.5. The highest BCUT2D eigenvalue weighted by molar-refractivity contribution is 8.00. The molecule has 1 aromatic carbocycles. The molecule has 1 saturated heterocycles. The van der Waals surface area contributed by atoms with Gasteiger partial charge in [-0.15, -0.1) is 0 Å². The number of ether oxygens (including phenoxy) is 1. The van der Waals surface area contributed by atoms with Gasteiger partial charge in [0.2, 0.25) is 0 Å². The summed E-state index contributed by atoms with van der Waals surface area (Å²) >= 11 is -0.192. The van der Waals surface area contributed by atoms with Gasteiger partial charge in [-0.3, -0.25) is 9.69 Å². The molecule has 26 heavy (non-hydrogen) atoms. The van der Waals surface area contributed by atoms with E-state index in [2.05, 4.69) is 24.1 Å². The van der Waals surface area contributed by atoms with E-state index in [9.17, 15) is 18.0 Å². The Labute approximate surface area is 156 Å². The molecule has 0 aromatic heterocycles. The van der Waals surface area contributed by atoms with Gasteiger partial charge in [-0.2, -0.15) is 13.2 Å². The molecule has 1 aliphatic heterocycles. The van der Waals surface area contributed by atoms with Gasteiger partial charge >= 0.3 is 5.51 Å². The fourth-order valence-electron chi connectivity index (χ4n) is 2.99. The minimum atomic E-state index is -4.33. The zero-order valence-corrected chi connectivity index (χ0v) is 16.2. The lowest BCUT2D eigenvalue weighted by atomic mass is 10.00. The molecule has 4 nitrogen and oxygen atoms in total. The molecule has 8 heteroatoms. The Kier molecular flexibility index (Phi) is 6.63. The van der Waals surface area contributed by atoms with Gasteiger partial charge in [0, 0.05) is 35.6 Å². The minimum Gasteiger partial charge on any atom is -0.373 e. The summed E-state index contributed by atoms with van der Waals surface area (Å²) in [7, 11) is 0. The predicted octanol–water partition coefficient (Wildman–Crippen LogP) is 3.92. The largest absolute Gasteiger partial charge is 0.446 e. The maximum absolute atomic E-state index is 12.4. The monoisotopic (exact) mass is 390 g/mol. The first-order valence-corrected chi connectivity index (χ1v) is 9.32. The van der Waals surface area contributed by atoms with Gasteiger partial charge in [0.05, 0.1) is 12.2 Å². The van der Waals surface area contributed by atoms with E-state index in [-0.39, 0.29) is 40.3 Å². The molecule has 2 atom stereocenters. The molecule has 0 radical (unpaired) electrons. The van der Waals surface area contributed by atoms with Gasteiger partial charge in [0.1, 0.15) is 0 Å². The number of carbonyl (C=O) groups excluding carboxylic acids is 1. The molecular formula is C18H25F3N2O2S. The first-order chi connectivity index (χ1) is 12.0. The zero-order valence-electron chi connectivity index (χ0n) is 15.4. The summed E-state index contributed by atoms with van der Waals surface area (Å²) < 4.78 is 42.8. The second-order valence-corrected chi connectivity index (χ2v) is 8.37. The third-order valence-electron chi connectivity index (χ3n) is 4.31. The van der Waals surface area contributed by atoms with Crippen molar-refractivity contribution < 1.29 is 22.7 Å². The topological polar surface area (TPSA) is 41.6 Å². The Balaban J connectivity index is 1.92. The van der Waals surface area contributed by atoms with E-state index in [4.69, 9.17) is 4.74 Å². The summed E-state index contributed by atoms with van der Waals surface area (Å²) in [5, 5.41) is 2.88. The molecule has 0 saturated carbocycles. The first kappa shape index (κ1) is 21.1. The number of morpholine rings is 1. The summed E-state index contributed by atoms with van der Waals surface area (Å²) in [6.45, 7) is 10.2. The molecule has 146 valence electrons. The van der Waals surface area contributed by atoms with Crippen molar-refractivity contribution in [2.24, 2.45) is 0 Å². The van der Waals surface area contributed by atoms with Crippen LogP contribution in [-0.2, 0) is 4.74 Å². The van der Waals surface area contributed by atoms with Crippen LogP contribution in [0.4, 0.5) is 13.2 Å². The van der Waals surface area contributed by atoms with Gasteiger partial charge < -0.3 is 10.1 Å². The average Bonchev–Trinajstić information content (AvgIpc) is 2.51. The summed E-state index contributed by atoms with van der Waals surface area (Å²) in [6, 6.07) is 5.44. The van der Waals surface area contributed by atoms with Gasteiger partial charge in [0.15, 0.2) is 0 Å². The van der Waals surface area contributed by atoms with E-state index < -0.39 is 5.51 Å². The van der Waals surface area contributed by atoms with Crippen molar-refractivity contribution in [3.8, 4) is 0 Å². The lowest BCUT2D eigenvalue weighted by Gasteiger charge is -2.45. The van der Waals surface area contributed by atoms with Crippen LogP contribution in [0.15, 0.2) is 29.2 Å². The van der Waals surface area contributed by atoms with Gasteiger partial charge in [-0.25, -0.2) is 0 Å². The summed E-state index contributed by atoms with van der Waals surface area (Å²) in [4.78, 5) is 14.7. The fourth-order valence-corrected chi connectivity index (χ4v) is 3.53. The van der Waals surface area contributed by atoms with Crippen LogP contribution in [-0.4, -0.2) is 53.7 Å². The molecule has 0 spiro atoms. The Bertz CT molecular complexity index is 610. The number of rotatable bonds is 5. The van der Waals surface area contributed by atoms with Crippen LogP contribution >= 0.6 is 11.8 Å². The third-order valence-corrected chi connectivity index (χ3v) is 5.05. The summed E-state index contributed by atoms with van der Waals surface area (Å²) in [5.74, 6) is -0.295. The standard InChI is InChI=1S/C18H25F3N2O2S/c1-12-9-23(10-13(2)25-12)17(3,4)11-22-16(24)14-5-7-15(8-6-14)26-18(19,20)21/h5-8,12-13H,9-11H2,1-4H3,(H,22,24). The Morgan fingerprint density at radius 1 is 1.19 bits per heavy atom. The molecule has 1 heterocycles. The lowest BCUT2D eigenvalue weighted by molar-refractivity contribution is -0.0948. The van der Waals surface area contributed by atoms with E-state index in [0.29, 0.717) is 12.1 Å². The number of nitrogens with zero attached hydrogens (tertiary/aromatic N) is 1. The Hall–Kier alpha value is -1.25. The highest BCUT2D eigenvalue weighted by Gasteiger charge is 2.33. The van der Waals surface area contributed by atoms with E-state index in [1.807, 2.05) is 13.8 Å². The number of halogens is 3. The van der Waals surface area contributed by atoms with Crippen LogP contribution < -0.4 is 5.32 Å². The van der Waals surface area contributed by atoms with Crippen LogP contribution in [0.3, 0.4) is 0 Å². The molecule has 0 aliphatic carbocycles. The number of hydrogen-bond donors (Lipinski definition) is 1. The van der Waals surface area contributed by atoms with Crippen LogP contribution in [0.2, 0.25) is 0 Å². The molecule has 1 amide bonds. The van der Waals surface area contributed by atoms with E-state index in [1.165, 1.54) is 24.3 Å². The molecule has 0 bridgehead atoms. The molecule has 1 aromatic rings. The van der Waals surface area contributed by atoms with Crippen LogP contribution in [0.5, 0.6) is 0 Å². The quantitative estimate of drug-likeness (QED) is 0.774. The van der Waals surface area contributed by atoms with Crippen LogP contribution in [0.25, 0.3) is 0 Å². The van der Waals surface area contributed by atoms with Crippen LogP contribution in [0.1, 0.15) is 38.1 Å². The van der Waals surface area contributed by atoms with Crippen molar-refractivity contribution >= 4 is 17.7 Å². The number of nitrogens with one attached hydrogen (secondary N) is 1. The highest BCUT2D eigenvalue weighted by Crippen LogP contribution is 2.36. The molecule has 2 unspecified atom stereocenters. The number of thioether (sulfide) groups is 1. The van der Waals surface area contributed by atoms with Crippen molar-refractivity contribution in [2.45, 2.75) is 55.8 Å². The van der Waals surface area contributed by atoms with Crippen molar-refractivity contribution in [2.75, 3.05) is 19.6 Å². The second-order valence-electron chi connectivity index (χ2n) is 7.23. The van der Waals surface area contributed by atoms with Crippen molar-refractivity contribution in [1.29, 1.82) is 0 Å². The van der Waals surface area contributed by atoms with Gasteiger partial charge in [0.25, 0.3) is 5.91 Å². The number of amides is 1. The third kappa shape index (κ3) is 6.17. The summed E-state index contributed by atoms with van der Waals surface area (Å²) in [5.41, 5.74) is -4.25. The molecular weight excluding hydrogens is 365 g/mol. The first-order valence-electron chi connectivity index (χ1n) is 8.51. The van der Waals surface area contributed by atoms with Crippen molar-refractivity contribution in [3.63, 3.8) is 0 Å².